The van der Waals surface area contributed by atoms with E-state index in [0.29, 0.717) is 50.8 Å². The summed E-state index contributed by atoms with van der Waals surface area (Å²) in [5.41, 5.74) is 1.06. The first-order valence-corrected chi connectivity index (χ1v) is 11.9. The Kier molecular flexibility index (Phi) is 8.46. The summed E-state index contributed by atoms with van der Waals surface area (Å²) in [6, 6.07) is 4.75. The van der Waals surface area contributed by atoms with Crippen molar-refractivity contribution in [2.45, 2.75) is 37.2 Å². The smallest absolute Gasteiger partial charge is 0.250 e. The van der Waals surface area contributed by atoms with Crippen molar-refractivity contribution in [1.82, 2.24) is 4.31 Å². The highest BCUT2D eigenvalue weighted by Crippen LogP contribution is 2.28. The van der Waals surface area contributed by atoms with Crippen molar-refractivity contribution in [3.05, 3.63) is 18.2 Å². The summed E-state index contributed by atoms with van der Waals surface area (Å²) >= 11 is 0. The number of carbonyl (C=O) groups excluding carboxylic acids is 1. The molecule has 0 aromatic heterocycles. The number of nitrogens with one attached hydrogen (secondary N) is 2. The molecule has 10 heteroatoms. The zero-order chi connectivity index (χ0) is 21.4. The van der Waals surface area contributed by atoms with Gasteiger partial charge in [-0.25, -0.2) is 8.42 Å². The molecule has 0 spiro atoms. The van der Waals surface area contributed by atoms with Crippen molar-refractivity contribution in [1.29, 1.82) is 0 Å². The predicted octanol–water partition coefficient (Wildman–Crippen LogP) is 1.66. The fourth-order valence-corrected chi connectivity index (χ4v) is 4.84. The number of benzene rings is 1. The predicted molar refractivity (Wildman–Crippen MR) is 113 cm³/mol. The monoisotopic (exact) mass is 441 g/mol. The van der Waals surface area contributed by atoms with Gasteiger partial charge in [-0.3, -0.25) is 4.79 Å². The molecule has 3 rings (SSSR count). The second-order valence-electron chi connectivity index (χ2n) is 7.34. The Hall–Kier alpha value is -1.72. The Bertz CT molecular complexity index is 805. The van der Waals surface area contributed by atoms with Gasteiger partial charge in [0.05, 0.1) is 35.6 Å². The second-order valence-corrected chi connectivity index (χ2v) is 9.28. The van der Waals surface area contributed by atoms with E-state index in [1.807, 2.05) is 6.92 Å². The molecule has 1 amide bonds. The minimum atomic E-state index is -3.67. The molecule has 1 unspecified atom stereocenters. The maximum atomic E-state index is 13.0. The van der Waals surface area contributed by atoms with Gasteiger partial charge in [-0.2, -0.15) is 4.31 Å². The van der Waals surface area contributed by atoms with E-state index in [1.165, 1.54) is 10.4 Å². The molecule has 168 valence electrons. The van der Waals surface area contributed by atoms with Crippen LogP contribution in [0.4, 0.5) is 11.4 Å². The first-order chi connectivity index (χ1) is 14.5. The van der Waals surface area contributed by atoms with E-state index >= 15 is 0 Å². The standard InChI is InChI=1S/C20H31N3O6S/c1-2-9-28-15-20(24)22-19-13-17(30(25,26)23-7-11-27-12-8-23)5-6-18(19)21-14-16-4-3-10-29-16/h5-6,13,16,21H,2-4,7-12,14-15H2,1H3,(H,22,24). The maximum Gasteiger partial charge on any atom is 0.250 e. The molecule has 9 nitrogen and oxygen atoms in total. The van der Waals surface area contributed by atoms with Crippen molar-refractivity contribution in [2.75, 3.05) is 63.3 Å². The largest absolute Gasteiger partial charge is 0.381 e. The highest BCUT2D eigenvalue weighted by Gasteiger charge is 2.27. The van der Waals surface area contributed by atoms with Crippen LogP contribution >= 0.6 is 0 Å². The Morgan fingerprint density at radius 3 is 2.73 bits per heavy atom. The average molecular weight is 442 g/mol. The van der Waals surface area contributed by atoms with Crippen molar-refractivity contribution in [3.63, 3.8) is 0 Å². The molecule has 2 aliphatic rings. The van der Waals surface area contributed by atoms with Gasteiger partial charge < -0.3 is 24.8 Å². The van der Waals surface area contributed by atoms with E-state index in [4.69, 9.17) is 14.2 Å². The Morgan fingerprint density at radius 1 is 1.23 bits per heavy atom. The summed E-state index contributed by atoms with van der Waals surface area (Å²) in [7, 11) is -3.67. The highest BCUT2D eigenvalue weighted by molar-refractivity contribution is 7.89. The SMILES string of the molecule is CCCOCC(=O)Nc1cc(S(=O)(=O)N2CCOCC2)ccc1NCC1CCCO1. The summed E-state index contributed by atoms with van der Waals surface area (Å²) < 4.78 is 43.6. The van der Waals surface area contributed by atoms with Crippen LogP contribution in [-0.4, -0.2) is 77.4 Å². The first kappa shape index (κ1) is 23.0. The molecule has 0 radical (unpaired) electrons. The number of hydrogen-bond donors (Lipinski definition) is 2. The van der Waals surface area contributed by atoms with Crippen LogP contribution in [0.2, 0.25) is 0 Å². The topological polar surface area (TPSA) is 106 Å². The lowest BCUT2D eigenvalue weighted by molar-refractivity contribution is -0.120. The number of sulfonamides is 1. The maximum absolute atomic E-state index is 13.0. The second kappa shape index (κ2) is 11.1. The lowest BCUT2D eigenvalue weighted by atomic mass is 10.2. The van der Waals surface area contributed by atoms with E-state index in [-0.39, 0.29) is 23.5 Å². The van der Waals surface area contributed by atoms with Gasteiger partial charge in [0.1, 0.15) is 6.61 Å². The summed E-state index contributed by atoms with van der Waals surface area (Å²) in [4.78, 5) is 12.4. The lowest BCUT2D eigenvalue weighted by Gasteiger charge is -2.26. The fraction of sp³-hybridized carbons (Fsp3) is 0.650. The van der Waals surface area contributed by atoms with E-state index in [2.05, 4.69) is 10.6 Å². The molecular formula is C20H31N3O6S. The molecule has 2 fully saturated rings. The molecule has 30 heavy (non-hydrogen) atoms. The number of rotatable bonds is 10. The van der Waals surface area contributed by atoms with Gasteiger partial charge >= 0.3 is 0 Å². The van der Waals surface area contributed by atoms with Gasteiger partial charge in [-0.05, 0) is 37.5 Å². The number of amides is 1. The number of carbonyl (C=O) groups is 1. The van der Waals surface area contributed by atoms with Crippen LogP contribution in [0.25, 0.3) is 0 Å². The van der Waals surface area contributed by atoms with Crippen LogP contribution in [0.3, 0.4) is 0 Å². The average Bonchev–Trinajstić information content (AvgIpc) is 3.27. The van der Waals surface area contributed by atoms with Gasteiger partial charge in [-0.1, -0.05) is 6.92 Å². The minimum absolute atomic E-state index is 0.0839. The van der Waals surface area contributed by atoms with Gasteiger partial charge in [0.2, 0.25) is 15.9 Å². The van der Waals surface area contributed by atoms with Gasteiger partial charge in [0.25, 0.3) is 0 Å². The highest BCUT2D eigenvalue weighted by atomic mass is 32.2. The lowest BCUT2D eigenvalue weighted by Crippen LogP contribution is -2.40. The van der Waals surface area contributed by atoms with Crippen LogP contribution in [0, 0.1) is 0 Å². The Morgan fingerprint density at radius 2 is 2.03 bits per heavy atom. The number of ether oxygens (including phenoxy) is 3. The molecule has 2 heterocycles. The molecular weight excluding hydrogens is 410 g/mol. The number of anilines is 2. The summed E-state index contributed by atoms with van der Waals surface area (Å²) in [5, 5.41) is 6.06. The van der Waals surface area contributed by atoms with Crippen molar-refractivity contribution in [2.24, 2.45) is 0 Å². The van der Waals surface area contributed by atoms with Crippen molar-refractivity contribution >= 4 is 27.3 Å². The van der Waals surface area contributed by atoms with Crippen LogP contribution in [-0.2, 0) is 29.0 Å². The van der Waals surface area contributed by atoms with E-state index < -0.39 is 10.0 Å². The van der Waals surface area contributed by atoms with Crippen LogP contribution in [0.15, 0.2) is 23.1 Å². The number of nitrogens with zero attached hydrogens (tertiary/aromatic N) is 1. The zero-order valence-electron chi connectivity index (χ0n) is 17.4. The van der Waals surface area contributed by atoms with Crippen LogP contribution in [0.1, 0.15) is 26.2 Å². The molecule has 1 aromatic carbocycles. The molecule has 2 saturated heterocycles. The zero-order valence-corrected chi connectivity index (χ0v) is 18.2. The van der Waals surface area contributed by atoms with Crippen LogP contribution in [0.5, 0.6) is 0 Å². The van der Waals surface area contributed by atoms with Gasteiger partial charge in [0, 0.05) is 32.8 Å². The number of morpholine rings is 1. The fourth-order valence-electron chi connectivity index (χ4n) is 3.40. The minimum Gasteiger partial charge on any atom is -0.381 e. The molecule has 1 atom stereocenters. The summed E-state index contributed by atoms with van der Waals surface area (Å²) in [6.45, 7) is 5.08. The first-order valence-electron chi connectivity index (χ1n) is 10.5. The third kappa shape index (κ3) is 6.14. The van der Waals surface area contributed by atoms with Crippen LogP contribution < -0.4 is 10.6 Å². The van der Waals surface area contributed by atoms with Gasteiger partial charge in [-0.15, -0.1) is 0 Å². The molecule has 0 saturated carbocycles. The Balaban J connectivity index is 1.78. The van der Waals surface area contributed by atoms with E-state index in [0.717, 1.165) is 25.9 Å². The molecule has 2 aliphatic heterocycles. The third-order valence-electron chi connectivity index (χ3n) is 5.00. The molecule has 0 aliphatic carbocycles. The Labute approximate surface area is 178 Å². The summed E-state index contributed by atoms with van der Waals surface area (Å²) in [6.07, 6.45) is 2.93. The van der Waals surface area contributed by atoms with Crippen molar-refractivity contribution in [3.8, 4) is 0 Å². The number of hydrogen-bond acceptors (Lipinski definition) is 7. The van der Waals surface area contributed by atoms with Crippen molar-refractivity contribution < 1.29 is 27.4 Å². The van der Waals surface area contributed by atoms with Gasteiger partial charge in [0.15, 0.2) is 0 Å². The summed E-state index contributed by atoms with van der Waals surface area (Å²) in [5.74, 6) is -0.329. The van der Waals surface area contributed by atoms with E-state index in [1.54, 1.807) is 12.1 Å². The third-order valence-corrected chi connectivity index (χ3v) is 6.89. The molecule has 1 aromatic rings. The quantitative estimate of drug-likeness (QED) is 0.532. The van der Waals surface area contributed by atoms with E-state index in [9.17, 15) is 13.2 Å². The molecule has 2 N–H and O–H groups in total. The molecule has 0 bridgehead atoms. The normalized spacial score (nSPS) is 20.2.